The molecule has 0 bridgehead atoms. The van der Waals surface area contributed by atoms with Crippen LogP contribution in [0, 0.1) is 0 Å². The van der Waals surface area contributed by atoms with Gasteiger partial charge in [0.25, 0.3) is 0 Å². The number of halogens is 1. The first-order valence-corrected chi connectivity index (χ1v) is 7.07. The number of pyridine rings is 1. The van der Waals surface area contributed by atoms with Gasteiger partial charge in [-0.1, -0.05) is 15.9 Å². The van der Waals surface area contributed by atoms with E-state index in [-0.39, 0.29) is 5.92 Å². The molecule has 1 atom stereocenters. The summed E-state index contributed by atoms with van der Waals surface area (Å²) in [6.45, 7) is 1.09. The van der Waals surface area contributed by atoms with E-state index in [1.807, 2.05) is 12.1 Å². The highest BCUT2D eigenvalue weighted by molar-refractivity contribution is 9.10. The Labute approximate surface area is 124 Å². The van der Waals surface area contributed by atoms with Gasteiger partial charge in [0.15, 0.2) is 5.82 Å². The van der Waals surface area contributed by atoms with Gasteiger partial charge in [-0.3, -0.25) is 4.98 Å². The maximum Gasteiger partial charge on any atom is 0.407 e. The molecule has 3 rings (SSSR count). The Morgan fingerprint density at radius 1 is 1.50 bits per heavy atom. The number of nitrogens with one attached hydrogen (secondary N) is 1. The molecule has 104 valence electrons. The minimum absolute atomic E-state index is 0.180. The first kappa shape index (κ1) is 13.1. The second-order valence-electron chi connectivity index (χ2n) is 4.76. The van der Waals surface area contributed by atoms with Crippen molar-refractivity contribution < 1.29 is 9.90 Å². The zero-order valence-corrected chi connectivity index (χ0v) is 12.2. The normalized spacial score (nSPS) is 18.4. The van der Waals surface area contributed by atoms with Crippen LogP contribution in [0.4, 0.5) is 4.79 Å². The number of hydrogen-bond acceptors (Lipinski definition) is 3. The van der Waals surface area contributed by atoms with E-state index >= 15 is 0 Å². The quantitative estimate of drug-likeness (QED) is 0.883. The molecule has 2 N–H and O–H groups in total. The first-order valence-electron chi connectivity index (χ1n) is 6.28. The summed E-state index contributed by atoms with van der Waals surface area (Å²) in [6, 6.07) is 3.75. The first-order chi connectivity index (χ1) is 9.63. The Balaban J connectivity index is 1.79. The van der Waals surface area contributed by atoms with E-state index in [0.717, 1.165) is 22.3 Å². The number of H-pyrrole nitrogens is 1. The topological polar surface area (TPSA) is 82.1 Å². The van der Waals surface area contributed by atoms with Crippen molar-refractivity contribution in [2.75, 3.05) is 13.1 Å². The summed E-state index contributed by atoms with van der Waals surface area (Å²) >= 11 is 3.40. The van der Waals surface area contributed by atoms with Crippen LogP contribution in [-0.4, -0.2) is 44.1 Å². The Hall–Kier alpha value is -1.89. The molecule has 6 nitrogen and oxygen atoms in total. The maximum atomic E-state index is 10.9. The van der Waals surface area contributed by atoms with Gasteiger partial charge in [-0.2, -0.15) is 0 Å². The Kier molecular flexibility index (Phi) is 3.43. The fraction of sp³-hybridized carbons (Fsp3) is 0.308. The fourth-order valence-electron chi connectivity index (χ4n) is 2.40. The van der Waals surface area contributed by atoms with Crippen LogP contribution in [0.1, 0.15) is 18.0 Å². The number of imidazole rings is 1. The highest BCUT2D eigenvalue weighted by Gasteiger charge is 2.28. The Morgan fingerprint density at radius 2 is 2.35 bits per heavy atom. The van der Waals surface area contributed by atoms with E-state index in [2.05, 4.69) is 30.9 Å². The standard InChI is InChI=1S/C13H13BrN4O2/c14-9-1-3-15-10(5-9)12-16-6-11(17-12)8-2-4-18(7-8)13(19)20/h1,3,5-6,8H,2,4,7H2,(H,16,17)(H,19,20). The lowest BCUT2D eigenvalue weighted by molar-refractivity contribution is 0.155. The van der Waals surface area contributed by atoms with E-state index < -0.39 is 6.09 Å². The molecule has 2 aromatic rings. The minimum atomic E-state index is -0.860. The average molecular weight is 337 g/mol. The highest BCUT2D eigenvalue weighted by Crippen LogP contribution is 2.27. The molecule has 1 aliphatic rings. The largest absolute Gasteiger partial charge is 0.465 e. The van der Waals surface area contributed by atoms with Crippen LogP contribution >= 0.6 is 15.9 Å². The SMILES string of the molecule is O=C(O)N1CCC(c2cnc(-c3cc(Br)ccn3)[nH]2)C1. The molecule has 0 aliphatic carbocycles. The number of likely N-dealkylation sites (tertiary alicyclic amines) is 1. The second-order valence-corrected chi connectivity index (χ2v) is 5.68. The average Bonchev–Trinajstić information content (AvgIpc) is 3.08. The molecular weight excluding hydrogens is 324 g/mol. The van der Waals surface area contributed by atoms with E-state index in [4.69, 9.17) is 5.11 Å². The molecule has 0 saturated carbocycles. The lowest BCUT2D eigenvalue weighted by Gasteiger charge is -2.10. The molecule has 1 amide bonds. The van der Waals surface area contributed by atoms with Crippen LogP contribution in [0.15, 0.2) is 29.0 Å². The summed E-state index contributed by atoms with van der Waals surface area (Å²) in [7, 11) is 0. The number of amides is 1. The lowest BCUT2D eigenvalue weighted by Crippen LogP contribution is -2.26. The van der Waals surface area contributed by atoms with Gasteiger partial charge in [-0.25, -0.2) is 9.78 Å². The molecule has 0 spiro atoms. The minimum Gasteiger partial charge on any atom is -0.465 e. The molecule has 0 radical (unpaired) electrons. The van der Waals surface area contributed by atoms with Gasteiger partial charge in [0.2, 0.25) is 0 Å². The van der Waals surface area contributed by atoms with Crippen molar-refractivity contribution in [1.29, 1.82) is 0 Å². The number of aromatic nitrogens is 3. The molecular formula is C13H13BrN4O2. The number of carbonyl (C=O) groups is 1. The van der Waals surface area contributed by atoms with Gasteiger partial charge in [0, 0.05) is 41.6 Å². The molecule has 1 saturated heterocycles. The molecule has 1 aliphatic heterocycles. The fourth-order valence-corrected chi connectivity index (χ4v) is 2.73. The summed E-state index contributed by atoms with van der Waals surface area (Å²) in [5, 5.41) is 8.98. The molecule has 7 heteroatoms. The van der Waals surface area contributed by atoms with Crippen molar-refractivity contribution >= 4 is 22.0 Å². The molecule has 2 aromatic heterocycles. The van der Waals surface area contributed by atoms with Crippen molar-refractivity contribution in [2.24, 2.45) is 0 Å². The summed E-state index contributed by atoms with van der Waals surface area (Å²) in [5.74, 6) is 0.884. The zero-order valence-electron chi connectivity index (χ0n) is 10.6. The molecule has 1 unspecified atom stereocenters. The molecule has 1 fully saturated rings. The summed E-state index contributed by atoms with van der Waals surface area (Å²) < 4.78 is 0.943. The molecule has 0 aromatic carbocycles. The Morgan fingerprint density at radius 3 is 3.05 bits per heavy atom. The zero-order chi connectivity index (χ0) is 14.1. The third kappa shape index (κ3) is 2.53. The second kappa shape index (κ2) is 5.24. The van der Waals surface area contributed by atoms with Gasteiger partial charge in [-0.15, -0.1) is 0 Å². The Bertz CT molecular complexity index is 643. The van der Waals surface area contributed by atoms with Crippen molar-refractivity contribution in [2.45, 2.75) is 12.3 Å². The van der Waals surface area contributed by atoms with Gasteiger partial charge < -0.3 is 15.0 Å². The van der Waals surface area contributed by atoms with Crippen molar-refractivity contribution in [3.63, 3.8) is 0 Å². The number of rotatable bonds is 2. The van der Waals surface area contributed by atoms with Crippen LogP contribution in [0.25, 0.3) is 11.5 Å². The van der Waals surface area contributed by atoms with Crippen molar-refractivity contribution in [3.05, 3.63) is 34.7 Å². The van der Waals surface area contributed by atoms with E-state index in [9.17, 15) is 4.79 Å². The van der Waals surface area contributed by atoms with Gasteiger partial charge in [0.05, 0.1) is 0 Å². The van der Waals surface area contributed by atoms with Gasteiger partial charge >= 0.3 is 6.09 Å². The van der Waals surface area contributed by atoms with Crippen LogP contribution in [0.2, 0.25) is 0 Å². The van der Waals surface area contributed by atoms with E-state index in [1.165, 1.54) is 4.90 Å². The van der Waals surface area contributed by atoms with Crippen LogP contribution in [0.3, 0.4) is 0 Å². The summed E-state index contributed by atoms with van der Waals surface area (Å²) in [4.78, 5) is 24.2. The maximum absolute atomic E-state index is 10.9. The number of nitrogens with zero attached hydrogens (tertiary/aromatic N) is 3. The van der Waals surface area contributed by atoms with Crippen LogP contribution in [0.5, 0.6) is 0 Å². The predicted molar refractivity (Wildman–Crippen MR) is 76.5 cm³/mol. The molecule has 3 heterocycles. The van der Waals surface area contributed by atoms with Gasteiger partial charge in [-0.05, 0) is 18.6 Å². The lowest BCUT2D eigenvalue weighted by atomic mass is 10.1. The van der Waals surface area contributed by atoms with Crippen molar-refractivity contribution in [1.82, 2.24) is 19.9 Å². The summed E-state index contributed by atoms with van der Waals surface area (Å²) in [6.07, 6.45) is 3.44. The van der Waals surface area contributed by atoms with Crippen LogP contribution < -0.4 is 0 Å². The van der Waals surface area contributed by atoms with Gasteiger partial charge in [0.1, 0.15) is 5.69 Å². The summed E-state index contributed by atoms with van der Waals surface area (Å²) in [5.41, 5.74) is 1.73. The highest BCUT2D eigenvalue weighted by atomic mass is 79.9. The van der Waals surface area contributed by atoms with E-state index in [1.54, 1.807) is 12.4 Å². The molecule has 20 heavy (non-hydrogen) atoms. The predicted octanol–water partition coefficient (Wildman–Crippen LogP) is 2.70. The van der Waals surface area contributed by atoms with Crippen molar-refractivity contribution in [3.8, 4) is 11.5 Å². The number of carboxylic acid groups (broad SMARTS) is 1. The van der Waals surface area contributed by atoms with E-state index in [0.29, 0.717) is 18.9 Å². The van der Waals surface area contributed by atoms with Crippen LogP contribution in [-0.2, 0) is 0 Å². The number of hydrogen-bond donors (Lipinski definition) is 2. The number of aromatic amines is 1. The monoisotopic (exact) mass is 336 g/mol. The smallest absolute Gasteiger partial charge is 0.407 e. The third-order valence-electron chi connectivity index (χ3n) is 3.46. The third-order valence-corrected chi connectivity index (χ3v) is 3.95.